The van der Waals surface area contributed by atoms with Crippen LogP contribution in [0.3, 0.4) is 0 Å². The van der Waals surface area contributed by atoms with Crippen LogP contribution < -0.4 is 5.84 Å². The molecule has 1 rings (SSSR count). The van der Waals surface area contributed by atoms with Crippen LogP contribution in [0.25, 0.3) is 0 Å². The summed E-state index contributed by atoms with van der Waals surface area (Å²) in [7, 11) is 0. The van der Waals surface area contributed by atoms with Crippen LogP contribution in [0.4, 0.5) is 5.69 Å². The van der Waals surface area contributed by atoms with E-state index in [1.807, 2.05) is 0 Å². The predicted molar refractivity (Wildman–Crippen MR) is 68.2 cm³/mol. The maximum atomic E-state index is 12.1. The third kappa shape index (κ3) is 2.96. The second-order valence-corrected chi connectivity index (χ2v) is 5.20. The van der Waals surface area contributed by atoms with Crippen LogP contribution in [0.2, 0.25) is 5.02 Å². The number of halogens is 1. The van der Waals surface area contributed by atoms with E-state index in [9.17, 15) is 14.9 Å². The minimum atomic E-state index is -0.646. The lowest BCUT2D eigenvalue weighted by Crippen LogP contribution is -2.50. The fourth-order valence-corrected chi connectivity index (χ4v) is 1.45. The van der Waals surface area contributed by atoms with Crippen LogP contribution in [0, 0.1) is 10.1 Å². The van der Waals surface area contributed by atoms with Crippen molar-refractivity contribution in [3.05, 3.63) is 38.9 Å². The molecule has 6 nitrogen and oxygen atoms in total. The van der Waals surface area contributed by atoms with Crippen LogP contribution in [-0.4, -0.2) is 21.4 Å². The first-order chi connectivity index (χ1) is 8.14. The summed E-state index contributed by atoms with van der Waals surface area (Å²) < 4.78 is 0. The molecule has 0 saturated heterocycles. The molecule has 0 unspecified atom stereocenters. The highest BCUT2D eigenvalue weighted by molar-refractivity contribution is 6.31. The Kier molecular flexibility index (Phi) is 3.93. The average Bonchev–Trinajstić information content (AvgIpc) is 2.25. The van der Waals surface area contributed by atoms with Crippen LogP contribution in [0.5, 0.6) is 0 Å². The van der Waals surface area contributed by atoms with Crippen molar-refractivity contribution in [3.8, 4) is 0 Å². The average molecular weight is 272 g/mol. The van der Waals surface area contributed by atoms with Crippen LogP contribution >= 0.6 is 11.6 Å². The van der Waals surface area contributed by atoms with Gasteiger partial charge in [-0.15, -0.1) is 0 Å². The molecule has 1 amide bonds. The van der Waals surface area contributed by atoms with Gasteiger partial charge in [0.15, 0.2) is 0 Å². The van der Waals surface area contributed by atoms with E-state index in [2.05, 4.69) is 0 Å². The maximum Gasteiger partial charge on any atom is 0.282 e. The summed E-state index contributed by atoms with van der Waals surface area (Å²) in [5.74, 6) is 5.02. The smallest absolute Gasteiger partial charge is 0.271 e. The Morgan fingerprint density at radius 3 is 2.44 bits per heavy atom. The first kappa shape index (κ1) is 14.4. The molecule has 1 aromatic carbocycles. The Morgan fingerprint density at radius 2 is 2.00 bits per heavy atom. The highest BCUT2D eigenvalue weighted by atomic mass is 35.5. The first-order valence-electron chi connectivity index (χ1n) is 5.18. The molecule has 18 heavy (non-hydrogen) atoms. The number of rotatable bonds is 2. The zero-order valence-electron chi connectivity index (χ0n) is 10.3. The Balaban J connectivity index is 3.28. The van der Waals surface area contributed by atoms with Gasteiger partial charge in [-0.3, -0.25) is 19.9 Å². The summed E-state index contributed by atoms with van der Waals surface area (Å²) >= 11 is 5.75. The molecule has 0 aliphatic rings. The van der Waals surface area contributed by atoms with Crippen molar-refractivity contribution in [2.45, 2.75) is 26.3 Å². The molecule has 1 aromatic rings. The van der Waals surface area contributed by atoms with Gasteiger partial charge in [0.05, 0.1) is 10.5 Å². The molecule has 0 fully saturated rings. The summed E-state index contributed by atoms with van der Waals surface area (Å²) in [5.41, 5.74) is -1.08. The summed E-state index contributed by atoms with van der Waals surface area (Å²) in [6.45, 7) is 5.17. The number of nitrogens with two attached hydrogens (primary N) is 1. The predicted octanol–water partition coefficient (Wildman–Crippen LogP) is 2.36. The van der Waals surface area contributed by atoms with Crippen molar-refractivity contribution >= 4 is 23.2 Å². The fraction of sp³-hybridized carbons (Fsp3) is 0.364. The minimum Gasteiger partial charge on any atom is -0.271 e. The number of carbonyl (C=O) groups is 1. The summed E-state index contributed by atoms with van der Waals surface area (Å²) in [4.78, 5) is 22.3. The zero-order chi connectivity index (χ0) is 14.1. The second kappa shape index (κ2) is 4.91. The first-order valence-corrected chi connectivity index (χ1v) is 5.55. The molecule has 0 radical (unpaired) electrons. The highest BCUT2D eigenvalue weighted by Gasteiger charge is 2.29. The number of nitrogens with zero attached hydrogens (tertiary/aromatic N) is 2. The van der Waals surface area contributed by atoms with E-state index in [4.69, 9.17) is 17.4 Å². The highest BCUT2D eigenvalue weighted by Crippen LogP contribution is 2.25. The molecular formula is C11H14ClN3O3. The number of nitro groups is 1. The van der Waals surface area contributed by atoms with Gasteiger partial charge in [-0.1, -0.05) is 11.6 Å². The molecule has 0 saturated carbocycles. The number of hydrogen-bond donors (Lipinski definition) is 1. The topological polar surface area (TPSA) is 89.5 Å². The van der Waals surface area contributed by atoms with E-state index in [0.717, 1.165) is 5.01 Å². The number of amides is 1. The van der Waals surface area contributed by atoms with Gasteiger partial charge in [-0.05, 0) is 32.9 Å². The van der Waals surface area contributed by atoms with Gasteiger partial charge in [0.2, 0.25) is 0 Å². The number of carbonyl (C=O) groups excluding carboxylic acids is 1. The van der Waals surface area contributed by atoms with Crippen molar-refractivity contribution in [2.75, 3.05) is 0 Å². The Bertz CT molecular complexity index is 497. The molecule has 7 heteroatoms. The number of hydrogen-bond acceptors (Lipinski definition) is 4. The van der Waals surface area contributed by atoms with E-state index in [-0.39, 0.29) is 16.3 Å². The van der Waals surface area contributed by atoms with Gasteiger partial charge in [0.25, 0.3) is 11.6 Å². The lowest BCUT2D eigenvalue weighted by Gasteiger charge is -2.30. The Hall–Kier alpha value is -1.66. The van der Waals surface area contributed by atoms with Crippen molar-refractivity contribution < 1.29 is 9.72 Å². The molecule has 0 aromatic heterocycles. The third-order valence-electron chi connectivity index (χ3n) is 2.33. The van der Waals surface area contributed by atoms with Crippen molar-refractivity contribution in [1.82, 2.24) is 5.01 Å². The number of nitro benzene ring substituents is 1. The largest absolute Gasteiger partial charge is 0.282 e. The van der Waals surface area contributed by atoms with Gasteiger partial charge < -0.3 is 0 Å². The SMILES string of the molecule is CC(C)(C)N(N)C(=O)c1cc(Cl)ccc1[N+](=O)[O-]. The molecule has 0 heterocycles. The van der Waals surface area contributed by atoms with E-state index in [0.29, 0.717) is 0 Å². The molecule has 0 spiro atoms. The standard InChI is InChI=1S/C11H14ClN3O3/c1-11(2,3)14(13)10(16)8-6-7(12)4-5-9(8)15(17)18/h4-6H,13H2,1-3H3. The fourth-order valence-electron chi connectivity index (χ4n) is 1.27. The van der Waals surface area contributed by atoms with Crippen LogP contribution in [0.15, 0.2) is 18.2 Å². The van der Waals surface area contributed by atoms with Crippen molar-refractivity contribution in [2.24, 2.45) is 5.84 Å². The monoisotopic (exact) mass is 271 g/mol. The Morgan fingerprint density at radius 1 is 1.44 bits per heavy atom. The quantitative estimate of drug-likeness (QED) is 0.387. The van der Waals surface area contributed by atoms with Crippen LogP contribution in [0.1, 0.15) is 31.1 Å². The second-order valence-electron chi connectivity index (χ2n) is 4.76. The third-order valence-corrected chi connectivity index (χ3v) is 2.56. The minimum absolute atomic E-state index is 0.120. The number of benzene rings is 1. The summed E-state index contributed by atoms with van der Waals surface area (Å²) in [6, 6.07) is 3.79. The van der Waals surface area contributed by atoms with Gasteiger partial charge in [-0.25, -0.2) is 5.84 Å². The molecular weight excluding hydrogens is 258 g/mol. The number of hydrazine groups is 1. The van der Waals surface area contributed by atoms with E-state index >= 15 is 0 Å². The lowest BCUT2D eigenvalue weighted by molar-refractivity contribution is -0.385. The van der Waals surface area contributed by atoms with Gasteiger partial charge in [0, 0.05) is 11.1 Å². The van der Waals surface area contributed by atoms with Crippen molar-refractivity contribution in [3.63, 3.8) is 0 Å². The lowest BCUT2D eigenvalue weighted by atomic mass is 10.1. The maximum absolute atomic E-state index is 12.1. The van der Waals surface area contributed by atoms with Crippen LogP contribution in [-0.2, 0) is 0 Å². The zero-order valence-corrected chi connectivity index (χ0v) is 11.1. The van der Waals surface area contributed by atoms with E-state index < -0.39 is 16.4 Å². The Labute approximate surface area is 109 Å². The van der Waals surface area contributed by atoms with E-state index in [1.54, 1.807) is 20.8 Å². The molecule has 98 valence electrons. The van der Waals surface area contributed by atoms with Gasteiger partial charge in [0.1, 0.15) is 5.56 Å². The van der Waals surface area contributed by atoms with E-state index in [1.165, 1.54) is 18.2 Å². The molecule has 0 aliphatic heterocycles. The normalized spacial score (nSPS) is 11.2. The molecule has 0 atom stereocenters. The molecule has 2 N–H and O–H groups in total. The summed E-state index contributed by atoms with van der Waals surface area (Å²) in [6.07, 6.45) is 0. The molecule has 0 bridgehead atoms. The molecule has 0 aliphatic carbocycles. The van der Waals surface area contributed by atoms with Gasteiger partial charge >= 0.3 is 0 Å². The van der Waals surface area contributed by atoms with Crippen molar-refractivity contribution in [1.29, 1.82) is 0 Å². The summed E-state index contributed by atoms with van der Waals surface area (Å²) in [5, 5.41) is 12.1. The van der Waals surface area contributed by atoms with Gasteiger partial charge in [-0.2, -0.15) is 0 Å².